The minimum atomic E-state index is -4.79. The third-order valence-corrected chi connectivity index (χ3v) is 7.57. The summed E-state index contributed by atoms with van der Waals surface area (Å²) in [6.45, 7) is 0.664. The smallest absolute Gasteiger partial charge is 0.871 e. The molecule has 0 aliphatic carbocycles. The van der Waals surface area contributed by atoms with Crippen molar-refractivity contribution in [3.05, 3.63) is 58.5 Å². The second-order valence-corrected chi connectivity index (χ2v) is 11.7. The Morgan fingerprint density at radius 1 is 0.973 bits per heavy atom. The third kappa shape index (κ3) is 7.55. The quantitative estimate of drug-likeness (QED) is 0.171. The maximum atomic E-state index is 12.8. The molecule has 0 aliphatic rings. The van der Waals surface area contributed by atoms with E-state index in [4.69, 9.17) is 9.11 Å². The summed E-state index contributed by atoms with van der Waals surface area (Å²) >= 11 is 0. The van der Waals surface area contributed by atoms with Crippen LogP contribution in [0.3, 0.4) is 0 Å². The molecule has 1 heterocycles. The Bertz CT molecular complexity index is 1710. The Morgan fingerprint density at radius 2 is 1.57 bits per heavy atom. The summed E-state index contributed by atoms with van der Waals surface area (Å²) in [4.78, 5) is 12.0. The molecule has 3 rings (SSSR count). The summed E-state index contributed by atoms with van der Waals surface area (Å²) in [6.07, 6.45) is 0. The van der Waals surface area contributed by atoms with E-state index in [1.807, 2.05) is 0 Å². The Labute approximate surface area is 220 Å². The second kappa shape index (κ2) is 11.2. The average Bonchev–Trinajstić information content (AvgIpc) is 3.05. The average molecular weight is 625 g/mol. The Kier molecular flexibility index (Phi) is 9.21. The normalized spacial score (nSPS) is 12.5. The molecule has 15 nitrogen and oxygen atoms in total. The topological polar surface area (TPSA) is 238 Å². The summed E-state index contributed by atoms with van der Waals surface area (Å²) < 4.78 is 90.8. The van der Waals surface area contributed by atoms with E-state index in [2.05, 4.69) is 19.5 Å². The second-order valence-electron chi connectivity index (χ2n) is 7.09. The molecule has 19 heteroatoms. The fraction of sp³-hybridized carbons (Fsp3) is 0.167. The number of azo groups is 1. The molecular formula is C18H17CuN4O11S3+. The van der Waals surface area contributed by atoms with Crippen molar-refractivity contribution in [2.75, 3.05) is 12.4 Å². The molecule has 3 N–H and O–H groups in total. The largest absolute Gasteiger partial charge is 2.00 e. The van der Waals surface area contributed by atoms with Crippen LogP contribution in [0.2, 0.25) is 0 Å². The van der Waals surface area contributed by atoms with E-state index >= 15 is 0 Å². The van der Waals surface area contributed by atoms with Gasteiger partial charge in [-0.2, -0.15) is 21.9 Å². The van der Waals surface area contributed by atoms with Gasteiger partial charge in [-0.1, -0.05) is 11.8 Å². The van der Waals surface area contributed by atoms with Crippen LogP contribution in [0.4, 0.5) is 11.4 Å². The van der Waals surface area contributed by atoms with Crippen molar-refractivity contribution in [2.45, 2.75) is 16.7 Å². The number of aromatic nitrogens is 2. The summed E-state index contributed by atoms with van der Waals surface area (Å²) in [5.41, 5.74) is -1.00. The van der Waals surface area contributed by atoms with Gasteiger partial charge in [-0.3, -0.25) is 19.0 Å². The van der Waals surface area contributed by atoms with Crippen LogP contribution in [0.1, 0.15) is 5.69 Å². The molecule has 0 unspecified atom stereocenters. The zero-order valence-electron chi connectivity index (χ0n) is 18.4. The first-order chi connectivity index (χ1) is 16.6. The van der Waals surface area contributed by atoms with Gasteiger partial charge in [0, 0.05) is 0 Å². The molecule has 2 aromatic carbocycles. The van der Waals surface area contributed by atoms with Crippen molar-refractivity contribution >= 4 is 41.7 Å². The molecule has 0 saturated heterocycles. The van der Waals surface area contributed by atoms with Gasteiger partial charge in [-0.25, -0.2) is 17.3 Å². The zero-order chi connectivity index (χ0) is 26.9. The van der Waals surface area contributed by atoms with Crippen LogP contribution in [0.25, 0.3) is 5.69 Å². The van der Waals surface area contributed by atoms with Gasteiger partial charge in [-0.15, -0.1) is 5.11 Å². The summed E-state index contributed by atoms with van der Waals surface area (Å²) in [6, 6.07) is 7.42. The number of hydrogen-bond acceptors (Lipinski definition) is 11. The van der Waals surface area contributed by atoms with E-state index in [0.717, 1.165) is 35.0 Å². The number of H-pyrrole nitrogens is 1. The fourth-order valence-electron chi connectivity index (χ4n) is 2.85. The SMILES string of the molecule is Cc1[nH]n(-c2ccc(S(=O)(=O)CCOS(=O)(=O)O)cc2)c(=O)c1N=Nc1cc(S(=O)(=O)O)ccc1[O-].[Cu+2]. The number of aromatic amines is 1. The van der Waals surface area contributed by atoms with Crippen LogP contribution in [-0.4, -0.2) is 56.5 Å². The summed E-state index contributed by atoms with van der Waals surface area (Å²) in [7, 11) is -13.4. The van der Waals surface area contributed by atoms with Gasteiger partial charge in [0.15, 0.2) is 15.5 Å². The summed E-state index contributed by atoms with van der Waals surface area (Å²) in [5, 5.41) is 22.0. The number of aryl methyl sites for hydroxylation is 1. The summed E-state index contributed by atoms with van der Waals surface area (Å²) in [5.74, 6) is -1.45. The van der Waals surface area contributed by atoms with Gasteiger partial charge in [0.2, 0.25) is 0 Å². The van der Waals surface area contributed by atoms with Crippen molar-refractivity contribution < 1.29 is 60.7 Å². The van der Waals surface area contributed by atoms with Crippen LogP contribution in [0.5, 0.6) is 5.75 Å². The number of nitrogens with zero attached hydrogens (tertiary/aromatic N) is 3. The van der Waals surface area contributed by atoms with Gasteiger partial charge in [0.25, 0.3) is 15.7 Å². The maximum Gasteiger partial charge on any atom is 2.00 e. The van der Waals surface area contributed by atoms with Gasteiger partial charge in [0.1, 0.15) is 0 Å². The first-order valence-electron chi connectivity index (χ1n) is 9.55. The van der Waals surface area contributed by atoms with Gasteiger partial charge in [-0.05, 0) is 43.3 Å². The van der Waals surface area contributed by atoms with E-state index < -0.39 is 64.6 Å². The van der Waals surface area contributed by atoms with Crippen LogP contribution < -0.4 is 10.7 Å². The molecule has 0 saturated carbocycles. The van der Waals surface area contributed by atoms with E-state index in [1.165, 1.54) is 19.1 Å². The monoisotopic (exact) mass is 624 g/mol. The van der Waals surface area contributed by atoms with Crippen LogP contribution >= 0.6 is 0 Å². The van der Waals surface area contributed by atoms with Gasteiger partial charge in [0.05, 0.1) is 39.2 Å². The van der Waals surface area contributed by atoms with Gasteiger partial charge >= 0.3 is 27.5 Å². The standard InChI is InChI=1S/C18H18N4O11S3.Cu/c1-11-17(20-19-15-10-14(35(27,28)29)6-7-16(15)23)18(24)22(21-11)12-2-4-13(5-3-12)34(25,26)9-8-33-36(30,31)32;/h2-7,10,21,23H,8-9H2,1H3,(H,27,28,29)(H,30,31,32);/q;+2/p-1. The van der Waals surface area contributed by atoms with E-state index in [-0.39, 0.29) is 39.0 Å². The van der Waals surface area contributed by atoms with Gasteiger partial charge < -0.3 is 5.11 Å². The van der Waals surface area contributed by atoms with Crippen molar-refractivity contribution in [3.63, 3.8) is 0 Å². The molecule has 0 aliphatic heterocycles. The van der Waals surface area contributed by atoms with Crippen LogP contribution in [0, 0.1) is 6.92 Å². The molecule has 0 fully saturated rings. The first-order valence-corrected chi connectivity index (χ1v) is 14.0. The Balaban J connectivity index is 0.00000481. The molecule has 1 radical (unpaired) electrons. The van der Waals surface area contributed by atoms with Crippen LogP contribution in [-0.2, 0) is 51.6 Å². The fourth-order valence-corrected chi connectivity index (χ4v) is 4.84. The van der Waals surface area contributed by atoms with Crippen molar-refractivity contribution in [1.82, 2.24) is 9.78 Å². The molecular weight excluding hydrogens is 608 g/mol. The number of rotatable bonds is 9. The molecule has 203 valence electrons. The molecule has 1 aromatic heterocycles. The maximum absolute atomic E-state index is 12.8. The van der Waals surface area contributed by atoms with E-state index in [1.54, 1.807) is 0 Å². The minimum absolute atomic E-state index is 0. The number of benzene rings is 2. The first kappa shape index (κ1) is 30.3. The molecule has 0 amide bonds. The van der Waals surface area contributed by atoms with Crippen molar-refractivity contribution in [1.29, 1.82) is 0 Å². The molecule has 3 aromatic rings. The predicted molar refractivity (Wildman–Crippen MR) is 121 cm³/mol. The van der Waals surface area contributed by atoms with Crippen molar-refractivity contribution in [3.8, 4) is 11.4 Å². The minimum Gasteiger partial charge on any atom is -0.871 e. The molecule has 37 heavy (non-hydrogen) atoms. The predicted octanol–water partition coefficient (Wildman–Crippen LogP) is 0.800. The Hall–Kier alpha value is -2.90. The number of hydrogen-bond donors (Lipinski definition) is 3. The van der Waals surface area contributed by atoms with E-state index in [9.17, 15) is 35.2 Å². The molecule has 0 spiro atoms. The molecule has 0 bridgehead atoms. The van der Waals surface area contributed by atoms with Crippen molar-refractivity contribution in [2.24, 2.45) is 10.2 Å². The number of nitrogens with one attached hydrogen (secondary N) is 1. The number of sulfone groups is 1. The van der Waals surface area contributed by atoms with E-state index in [0.29, 0.717) is 0 Å². The van der Waals surface area contributed by atoms with Crippen LogP contribution in [0.15, 0.2) is 67.3 Å². The zero-order valence-corrected chi connectivity index (χ0v) is 21.8. The Morgan fingerprint density at radius 3 is 2.14 bits per heavy atom. The third-order valence-electron chi connectivity index (χ3n) is 4.56. The molecule has 0 atom stereocenters.